The lowest BCUT2D eigenvalue weighted by molar-refractivity contribution is -0.118. The lowest BCUT2D eigenvalue weighted by atomic mass is 10.2. The van der Waals surface area contributed by atoms with E-state index in [0.29, 0.717) is 5.75 Å². The molecule has 0 saturated carbocycles. The SMILES string of the molecule is COc1cnc(C)cc1NC(C)CC(N)=O. The molecule has 0 saturated heterocycles. The predicted molar refractivity (Wildman–Crippen MR) is 62.4 cm³/mol. The van der Waals surface area contributed by atoms with Gasteiger partial charge in [-0.25, -0.2) is 0 Å². The fourth-order valence-corrected chi connectivity index (χ4v) is 1.44. The van der Waals surface area contributed by atoms with E-state index in [1.807, 2.05) is 19.9 Å². The second-order valence-corrected chi connectivity index (χ2v) is 3.74. The molecule has 0 bridgehead atoms. The summed E-state index contributed by atoms with van der Waals surface area (Å²) in [5.74, 6) is 0.326. The van der Waals surface area contributed by atoms with Crippen molar-refractivity contribution in [1.29, 1.82) is 0 Å². The van der Waals surface area contributed by atoms with Crippen LogP contribution in [0.2, 0.25) is 0 Å². The van der Waals surface area contributed by atoms with Crippen LogP contribution in [0.15, 0.2) is 12.3 Å². The number of nitrogens with one attached hydrogen (secondary N) is 1. The maximum absolute atomic E-state index is 10.8. The van der Waals surface area contributed by atoms with Crippen molar-refractivity contribution in [3.63, 3.8) is 0 Å². The van der Waals surface area contributed by atoms with Crippen molar-refractivity contribution in [2.24, 2.45) is 5.73 Å². The van der Waals surface area contributed by atoms with Gasteiger partial charge in [-0.1, -0.05) is 0 Å². The number of nitrogens with zero attached hydrogens (tertiary/aromatic N) is 1. The van der Waals surface area contributed by atoms with E-state index >= 15 is 0 Å². The summed E-state index contributed by atoms with van der Waals surface area (Å²) in [6, 6.07) is 1.84. The Morgan fingerprint density at radius 2 is 2.38 bits per heavy atom. The lowest BCUT2D eigenvalue weighted by Crippen LogP contribution is -2.24. The number of rotatable bonds is 5. The van der Waals surface area contributed by atoms with Crippen LogP contribution >= 0.6 is 0 Å². The van der Waals surface area contributed by atoms with E-state index in [1.165, 1.54) is 0 Å². The highest BCUT2D eigenvalue weighted by Gasteiger charge is 2.09. The number of primary amides is 1. The van der Waals surface area contributed by atoms with Crippen LogP contribution < -0.4 is 15.8 Å². The molecule has 0 fully saturated rings. The van der Waals surface area contributed by atoms with Gasteiger partial charge in [0.25, 0.3) is 0 Å². The molecule has 0 aliphatic rings. The largest absolute Gasteiger partial charge is 0.493 e. The third kappa shape index (κ3) is 3.42. The minimum absolute atomic E-state index is 0.0341. The normalized spacial score (nSPS) is 11.9. The molecule has 1 aromatic rings. The fourth-order valence-electron chi connectivity index (χ4n) is 1.44. The Kier molecular flexibility index (Phi) is 4.10. The van der Waals surface area contributed by atoms with Crippen molar-refractivity contribution in [3.05, 3.63) is 18.0 Å². The number of carbonyl (C=O) groups excluding carboxylic acids is 1. The first-order valence-electron chi connectivity index (χ1n) is 5.08. The van der Waals surface area contributed by atoms with Crippen LogP contribution in [-0.4, -0.2) is 24.0 Å². The van der Waals surface area contributed by atoms with Crippen LogP contribution in [0.1, 0.15) is 19.0 Å². The van der Waals surface area contributed by atoms with Crippen molar-refractivity contribution < 1.29 is 9.53 Å². The minimum Gasteiger partial charge on any atom is -0.493 e. The zero-order valence-corrected chi connectivity index (χ0v) is 9.78. The number of aryl methyl sites for hydroxylation is 1. The molecular formula is C11H17N3O2. The van der Waals surface area contributed by atoms with Crippen molar-refractivity contribution in [2.45, 2.75) is 26.3 Å². The van der Waals surface area contributed by atoms with E-state index in [9.17, 15) is 4.79 Å². The topological polar surface area (TPSA) is 77.2 Å². The maximum Gasteiger partial charge on any atom is 0.219 e. The smallest absolute Gasteiger partial charge is 0.219 e. The zero-order valence-electron chi connectivity index (χ0n) is 9.78. The number of nitrogens with two attached hydrogens (primary N) is 1. The fraction of sp³-hybridized carbons (Fsp3) is 0.455. The Morgan fingerprint density at radius 3 is 2.94 bits per heavy atom. The number of aromatic nitrogens is 1. The highest BCUT2D eigenvalue weighted by molar-refractivity contribution is 5.75. The molecule has 1 unspecified atom stereocenters. The molecule has 1 atom stereocenters. The number of methoxy groups -OCH3 is 1. The molecule has 0 aliphatic carbocycles. The van der Waals surface area contributed by atoms with Gasteiger partial charge in [-0.2, -0.15) is 0 Å². The van der Waals surface area contributed by atoms with Gasteiger partial charge < -0.3 is 15.8 Å². The summed E-state index contributed by atoms with van der Waals surface area (Å²) in [5.41, 5.74) is 6.83. The van der Waals surface area contributed by atoms with E-state index in [4.69, 9.17) is 10.5 Å². The lowest BCUT2D eigenvalue weighted by Gasteiger charge is -2.16. The first kappa shape index (κ1) is 12.3. The van der Waals surface area contributed by atoms with Gasteiger partial charge in [-0.15, -0.1) is 0 Å². The van der Waals surface area contributed by atoms with Crippen LogP contribution in [0, 0.1) is 6.92 Å². The van der Waals surface area contributed by atoms with E-state index in [1.54, 1.807) is 13.3 Å². The Morgan fingerprint density at radius 1 is 1.69 bits per heavy atom. The molecule has 16 heavy (non-hydrogen) atoms. The molecule has 1 amide bonds. The summed E-state index contributed by atoms with van der Waals surface area (Å²) in [6.07, 6.45) is 1.93. The van der Waals surface area contributed by atoms with Gasteiger partial charge in [0.2, 0.25) is 5.91 Å². The Bertz CT molecular complexity index is 379. The van der Waals surface area contributed by atoms with Gasteiger partial charge in [0, 0.05) is 18.2 Å². The number of ether oxygens (including phenoxy) is 1. The van der Waals surface area contributed by atoms with Gasteiger partial charge in [0.1, 0.15) is 0 Å². The second-order valence-electron chi connectivity index (χ2n) is 3.74. The number of anilines is 1. The molecule has 0 aliphatic heterocycles. The first-order chi connectivity index (χ1) is 7.52. The van der Waals surface area contributed by atoms with Crippen molar-refractivity contribution in [3.8, 4) is 5.75 Å². The van der Waals surface area contributed by atoms with Crippen LogP contribution in [0.25, 0.3) is 0 Å². The highest BCUT2D eigenvalue weighted by atomic mass is 16.5. The first-order valence-corrected chi connectivity index (χ1v) is 5.08. The zero-order chi connectivity index (χ0) is 12.1. The van der Waals surface area contributed by atoms with E-state index in [-0.39, 0.29) is 18.4 Å². The molecule has 88 valence electrons. The number of hydrogen-bond donors (Lipinski definition) is 2. The molecule has 1 heterocycles. The number of hydrogen-bond acceptors (Lipinski definition) is 4. The molecule has 0 radical (unpaired) electrons. The van der Waals surface area contributed by atoms with Crippen LogP contribution in [0.3, 0.4) is 0 Å². The van der Waals surface area contributed by atoms with Gasteiger partial charge >= 0.3 is 0 Å². The second kappa shape index (κ2) is 5.34. The number of amides is 1. The summed E-state index contributed by atoms with van der Waals surface area (Å²) in [4.78, 5) is 14.9. The molecule has 3 N–H and O–H groups in total. The van der Waals surface area contributed by atoms with Crippen LogP contribution in [0.5, 0.6) is 5.75 Å². The van der Waals surface area contributed by atoms with E-state index < -0.39 is 0 Å². The van der Waals surface area contributed by atoms with Crippen molar-refractivity contribution >= 4 is 11.6 Å². The Labute approximate surface area is 95.0 Å². The summed E-state index contributed by atoms with van der Waals surface area (Å²) in [7, 11) is 1.58. The summed E-state index contributed by atoms with van der Waals surface area (Å²) >= 11 is 0. The summed E-state index contributed by atoms with van der Waals surface area (Å²) in [5, 5.41) is 3.17. The third-order valence-electron chi connectivity index (χ3n) is 2.13. The Hall–Kier alpha value is -1.78. The Balaban J connectivity index is 2.78. The highest BCUT2D eigenvalue weighted by Crippen LogP contribution is 2.24. The monoisotopic (exact) mass is 223 g/mol. The molecular weight excluding hydrogens is 206 g/mol. The summed E-state index contributed by atoms with van der Waals surface area (Å²) < 4.78 is 5.17. The minimum atomic E-state index is -0.329. The van der Waals surface area contributed by atoms with Gasteiger partial charge in [0.05, 0.1) is 19.0 Å². The molecule has 0 spiro atoms. The standard InChI is InChI=1S/C11H17N3O2/c1-7-4-9(10(16-3)6-13-7)14-8(2)5-11(12)15/h4,6,8H,5H2,1-3H3,(H2,12,15)(H,13,14). The quantitative estimate of drug-likeness (QED) is 0.783. The van der Waals surface area contributed by atoms with Gasteiger partial charge in [-0.05, 0) is 19.9 Å². The van der Waals surface area contributed by atoms with Gasteiger partial charge in [0.15, 0.2) is 5.75 Å². The predicted octanol–water partition coefficient (Wildman–Crippen LogP) is 1.07. The molecule has 1 aromatic heterocycles. The third-order valence-corrected chi connectivity index (χ3v) is 2.13. The summed E-state index contributed by atoms with van der Waals surface area (Å²) in [6.45, 7) is 3.78. The maximum atomic E-state index is 10.8. The molecule has 5 nitrogen and oxygen atoms in total. The van der Waals surface area contributed by atoms with E-state index in [2.05, 4.69) is 10.3 Å². The average Bonchev–Trinajstić information content (AvgIpc) is 2.16. The average molecular weight is 223 g/mol. The van der Waals surface area contributed by atoms with Gasteiger partial charge in [-0.3, -0.25) is 9.78 Å². The van der Waals surface area contributed by atoms with Crippen molar-refractivity contribution in [1.82, 2.24) is 4.98 Å². The number of pyridine rings is 1. The van der Waals surface area contributed by atoms with Crippen LogP contribution in [0.4, 0.5) is 5.69 Å². The molecule has 0 aromatic carbocycles. The molecule has 1 rings (SSSR count). The van der Waals surface area contributed by atoms with Crippen LogP contribution in [-0.2, 0) is 4.79 Å². The van der Waals surface area contributed by atoms with E-state index in [0.717, 1.165) is 11.4 Å². The van der Waals surface area contributed by atoms with Crippen molar-refractivity contribution in [2.75, 3.05) is 12.4 Å². The molecule has 5 heteroatoms. The number of carbonyl (C=O) groups is 1.